The van der Waals surface area contributed by atoms with Crippen molar-refractivity contribution in [3.8, 4) is 0 Å². The molecule has 0 spiro atoms. The first-order valence-corrected chi connectivity index (χ1v) is 11.4. The van der Waals surface area contributed by atoms with Crippen LogP contribution in [0.25, 0.3) is 0 Å². The van der Waals surface area contributed by atoms with Crippen LogP contribution in [0.3, 0.4) is 0 Å². The van der Waals surface area contributed by atoms with E-state index >= 15 is 0 Å². The summed E-state index contributed by atoms with van der Waals surface area (Å²) in [5, 5.41) is 0. The van der Waals surface area contributed by atoms with Gasteiger partial charge in [0.2, 0.25) is 0 Å². The van der Waals surface area contributed by atoms with Crippen LogP contribution in [0.15, 0.2) is 72.9 Å². The van der Waals surface area contributed by atoms with E-state index in [9.17, 15) is 9.59 Å². The van der Waals surface area contributed by atoms with Gasteiger partial charge in [0.05, 0.1) is 13.0 Å². The maximum atomic E-state index is 11.7. The average Bonchev–Trinajstić information content (AvgIpc) is 2.70. The molecule has 0 unspecified atom stereocenters. The van der Waals surface area contributed by atoms with Crippen LogP contribution in [-0.4, -0.2) is 18.4 Å². The second-order valence-electron chi connectivity index (χ2n) is 8.32. The molecule has 0 saturated heterocycles. The Labute approximate surface area is 190 Å². The number of rotatable bonds is 17. The topological polar surface area (TPSA) is 43.4 Å². The van der Waals surface area contributed by atoms with E-state index in [1.165, 1.54) is 0 Å². The maximum Gasteiger partial charge on any atom is 0.309 e. The van der Waals surface area contributed by atoms with Crippen molar-refractivity contribution in [2.24, 2.45) is 5.41 Å². The molecule has 0 rings (SSSR count). The molecule has 0 aromatic rings. The molecule has 0 fully saturated rings. The molecule has 31 heavy (non-hydrogen) atoms. The van der Waals surface area contributed by atoms with Gasteiger partial charge in [-0.15, -0.1) is 0 Å². The van der Waals surface area contributed by atoms with Gasteiger partial charge < -0.3 is 9.53 Å². The first kappa shape index (κ1) is 28.6. The Kier molecular flexibility index (Phi) is 18.0. The van der Waals surface area contributed by atoms with Crippen molar-refractivity contribution in [1.29, 1.82) is 0 Å². The number of ether oxygens (including phenoxy) is 1. The van der Waals surface area contributed by atoms with E-state index in [1.54, 1.807) is 6.92 Å². The van der Waals surface area contributed by atoms with Crippen LogP contribution in [-0.2, 0) is 14.3 Å². The quantitative estimate of drug-likeness (QED) is 0.177. The van der Waals surface area contributed by atoms with Crippen molar-refractivity contribution in [1.82, 2.24) is 0 Å². The highest BCUT2D eigenvalue weighted by Crippen LogP contribution is 2.21. The second-order valence-corrected chi connectivity index (χ2v) is 8.32. The fraction of sp³-hybridized carbons (Fsp3) is 0.500. The van der Waals surface area contributed by atoms with E-state index in [4.69, 9.17) is 4.74 Å². The van der Waals surface area contributed by atoms with Crippen LogP contribution >= 0.6 is 0 Å². The predicted octanol–water partition coefficient (Wildman–Crippen LogP) is 7.62. The number of ketones is 1. The molecule has 3 nitrogen and oxygen atoms in total. The largest absolute Gasteiger partial charge is 0.465 e. The zero-order valence-electron chi connectivity index (χ0n) is 20.0. The third kappa shape index (κ3) is 22.1. The Balaban J connectivity index is 3.76. The number of esters is 1. The van der Waals surface area contributed by atoms with Crippen molar-refractivity contribution >= 4 is 11.8 Å². The molecule has 0 atom stereocenters. The molecule has 3 heteroatoms. The molecule has 0 N–H and O–H groups in total. The highest BCUT2D eigenvalue weighted by molar-refractivity contribution is 5.76. The van der Waals surface area contributed by atoms with E-state index in [2.05, 4.69) is 67.7 Å². The Bertz CT molecular complexity index is 658. The van der Waals surface area contributed by atoms with E-state index in [0.717, 1.165) is 38.5 Å². The number of allylic oxidation sites excluding steroid dienone is 11. The van der Waals surface area contributed by atoms with Gasteiger partial charge in [-0.2, -0.15) is 0 Å². The molecule has 0 aromatic heterocycles. The monoisotopic (exact) mass is 426 g/mol. The summed E-state index contributed by atoms with van der Waals surface area (Å²) in [6.45, 7) is 7.83. The van der Waals surface area contributed by atoms with Gasteiger partial charge in [0.15, 0.2) is 0 Å². The standard InChI is InChI=1S/C28H42O3/c1-5-6-7-8-9-10-11-12-13-14-15-16-17-18-19-20-21-22-23-27(30)31-25-28(3,4)24-26(2)29/h6-7,9-10,12-13,15-16,18-19,21-22H,5,8,11,14,17,20,23-25H2,1-4H3/b7-6-,10-9-,13-12-,16-15-,19-18-,22-21-. The summed E-state index contributed by atoms with van der Waals surface area (Å²) in [5.74, 6) is -0.144. The average molecular weight is 427 g/mol. The van der Waals surface area contributed by atoms with E-state index < -0.39 is 0 Å². The van der Waals surface area contributed by atoms with Crippen LogP contribution in [0.2, 0.25) is 0 Å². The number of hydrogen-bond acceptors (Lipinski definition) is 3. The molecule has 0 aliphatic carbocycles. The fourth-order valence-corrected chi connectivity index (χ4v) is 2.76. The van der Waals surface area contributed by atoms with Crippen molar-refractivity contribution in [2.75, 3.05) is 6.61 Å². The van der Waals surface area contributed by atoms with Crippen molar-refractivity contribution in [3.05, 3.63) is 72.9 Å². The lowest BCUT2D eigenvalue weighted by molar-refractivity contribution is -0.146. The molecule has 0 amide bonds. The van der Waals surface area contributed by atoms with Crippen LogP contribution < -0.4 is 0 Å². The lowest BCUT2D eigenvalue weighted by Gasteiger charge is -2.22. The normalized spacial score (nSPS) is 13.2. The summed E-state index contributed by atoms with van der Waals surface area (Å²) in [4.78, 5) is 22.9. The van der Waals surface area contributed by atoms with Gasteiger partial charge in [-0.05, 0) is 45.4 Å². The van der Waals surface area contributed by atoms with Gasteiger partial charge in [0, 0.05) is 11.8 Å². The molecule has 0 aliphatic rings. The van der Waals surface area contributed by atoms with Gasteiger partial charge in [-0.1, -0.05) is 93.7 Å². The van der Waals surface area contributed by atoms with Crippen LogP contribution in [0.5, 0.6) is 0 Å². The van der Waals surface area contributed by atoms with E-state index in [0.29, 0.717) is 6.42 Å². The zero-order chi connectivity index (χ0) is 23.2. The fourth-order valence-electron chi connectivity index (χ4n) is 2.76. The van der Waals surface area contributed by atoms with Crippen molar-refractivity contribution in [2.45, 2.75) is 79.1 Å². The minimum atomic E-state index is -0.306. The van der Waals surface area contributed by atoms with Crippen molar-refractivity contribution < 1.29 is 14.3 Å². The Morgan fingerprint density at radius 3 is 1.45 bits per heavy atom. The van der Waals surface area contributed by atoms with Gasteiger partial charge in [-0.25, -0.2) is 0 Å². The Hall–Kier alpha value is -2.42. The summed E-state index contributed by atoms with van der Waals surface area (Å²) < 4.78 is 5.26. The second kappa shape index (κ2) is 19.5. The lowest BCUT2D eigenvalue weighted by Crippen LogP contribution is -2.24. The van der Waals surface area contributed by atoms with Gasteiger partial charge in [0.25, 0.3) is 0 Å². The molecule has 0 bridgehead atoms. The number of carbonyl (C=O) groups is 2. The molecular weight excluding hydrogens is 384 g/mol. The molecule has 0 aliphatic heterocycles. The van der Waals surface area contributed by atoms with Gasteiger partial charge in [0.1, 0.15) is 5.78 Å². The zero-order valence-corrected chi connectivity index (χ0v) is 20.0. The minimum absolute atomic E-state index is 0.109. The summed E-state index contributed by atoms with van der Waals surface area (Å²) in [6, 6.07) is 0. The van der Waals surface area contributed by atoms with Crippen LogP contribution in [0, 0.1) is 5.41 Å². The van der Waals surface area contributed by atoms with Gasteiger partial charge in [-0.3, -0.25) is 4.79 Å². The number of Topliss-reactive ketones (excluding diaryl/α,β-unsaturated/α-hetero) is 1. The smallest absolute Gasteiger partial charge is 0.309 e. The molecule has 0 heterocycles. The molecule has 172 valence electrons. The van der Waals surface area contributed by atoms with Crippen LogP contribution in [0.1, 0.15) is 79.1 Å². The van der Waals surface area contributed by atoms with Crippen LogP contribution in [0.4, 0.5) is 0 Å². The van der Waals surface area contributed by atoms with Crippen molar-refractivity contribution in [3.63, 3.8) is 0 Å². The summed E-state index contributed by atoms with van der Waals surface area (Å²) in [7, 11) is 0. The highest BCUT2D eigenvalue weighted by atomic mass is 16.5. The lowest BCUT2D eigenvalue weighted by atomic mass is 9.89. The first-order valence-electron chi connectivity index (χ1n) is 11.4. The maximum absolute atomic E-state index is 11.7. The molecule has 0 aromatic carbocycles. The minimum Gasteiger partial charge on any atom is -0.465 e. The Morgan fingerprint density at radius 2 is 1.06 bits per heavy atom. The number of hydrogen-bond donors (Lipinski definition) is 0. The summed E-state index contributed by atoms with van der Waals surface area (Å²) >= 11 is 0. The third-order valence-corrected chi connectivity index (χ3v) is 4.23. The van der Waals surface area contributed by atoms with Gasteiger partial charge >= 0.3 is 5.97 Å². The molecule has 0 saturated carbocycles. The Morgan fingerprint density at radius 1 is 0.677 bits per heavy atom. The summed E-state index contributed by atoms with van der Waals surface area (Å²) in [5.41, 5.74) is -0.306. The predicted molar refractivity (Wildman–Crippen MR) is 133 cm³/mol. The van der Waals surface area contributed by atoms with E-state index in [-0.39, 0.29) is 30.2 Å². The SMILES string of the molecule is CC/C=C\C/C=C\C/C=C\C/C=C\C/C=C\C/C=C\CC(=O)OCC(C)(C)CC(C)=O. The third-order valence-electron chi connectivity index (χ3n) is 4.23. The first-order chi connectivity index (χ1) is 14.9. The molecular formula is C28H42O3. The highest BCUT2D eigenvalue weighted by Gasteiger charge is 2.21. The number of carbonyl (C=O) groups excluding carboxylic acids is 2. The van der Waals surface area contributed by atoms with E-state index in [1.807, 2.05) is 26.0 Å². The molecule has 0 radical (unpaired) electrons. The summed E-state index contributed by atoms with van der Waals surface area (Å²) in [6.07, 6.45) is 32.0.